The van der Waals surface area contributed by atoms with Gasteiger partial charge in [0.25, 0.3) is 0 Å². The maximum Gasteiger partial charge on any atom is 0.380 e. The number of alkyl halides is 12. The second kappa shape index (κ2) is 7.86. The lowest BCUT2D eigenvalue weighted by atomic mass is 10.0. The first-order valence-corrected chi connectivity index (χ1v) is 12.5. The molecule has 1 nitrogen and oxygen atoms in total. The third-order valence-electron chi connectivity index (χ3n) is 8.21. The number of hydrogen-bond donors (Lipinski definition) is 0. The van der Waals surface area contributed by atoms with Crippen molar-refractivity contribution in [1.29, 1.82) is 0 Å². The predicted octanol–water partition coefficient (Wildman–Crippen LogP) is 10.1. The van der Waals surface area contributed by atoms with Crippen LogP contribution in [0, 0.1) is 0 Å². The van der Waals surface area contributed by atoms with Gasteiger partial charge in [0.2, 0.25) is 0 Å². The van der Waals surface area contributed by atoms with Gasteiger partial charge in [-0.15, -0.1) is 0 Å². The fourth-order valence-corrected chi connectivity index (χ4v) is 5.93. The molecule has 1 aromatic heterocycles. The van der Waals surface area contributed by atoms with Gasteiger partial charge in [0.05, 0.1) is 11.0 Å². The van der Waals surface area contributed by atoms with E-state index in [1.54, 1.807) is 30.3 Å². The number of fused-ring (bicyclic) bond motifs is 5. The lowest BCUT2D eigenvalue weighted by Crippen LogP contribution is -2.43. The molecule has 0 radical (unpaired) electrons. The molecule has 1 heterocycles. The van der Waals surface area contributed by atoms with E-state index in [-0.39, 0.29) is 17.8 Å². The Hall–Kier alpha value is -4.16. The van der Waals surface area contributed by atoms with Crippen LogP contribution in [0.15, 0.2) is 78.9 Å². The second-order valence-electron chi connectivity index (χ2n) is 10.5. The standard InChI is InChI=1S/C30H13F12N/c31-25(32)19-10-17-18-11-20-22(28(37,38)30(41,42)26(20,33)34)13-24(18)43(23(17)12-21(19)27(35,36)29(25,39)40)16-8-6-15(7-9-16)14-4-2-1-3-5-14/h1-13H. The minimum atomic E-state index is -5.86. The van der Waals surface area contributed by atoms with Crippen LogP contribution < -0.4 is 0 Å². The third-order valence-corrected chi connectivity index (χ3v) is 8.21. The van der Waals surface area contributed by atoms with Crippen LogP contribution in [-0.2, 0) is 23.7 Å². The van der Waals surface area contributed by atoms with E-state index in [9.17, 15) is 52.7 Å². The number of nitrogens with zero attached hydrogens (tertiary/aromatic N) is 1. The van der Waals surface area contributed by atoms with Crippen LogP contribution >= 0.6 is 0 Å². The van der Waals surface area contributed by atoms with Crippen molar-refractivity contribution in [2.75, 3.05) is 0 Å². The zero-order valence-electron chi connectivity index (χ0n) is 21.0. The Morgan fingerprint density at radius 1 is 0.395 bits per heavy atom. The molecular formula is C30H13F12N. The highest BCUT2D eigenvalue weighted by atomic mass is 19.4. The van der Waals surface area contributed by atoms with Gasteiger partial charge < -0.3 is 4.57 Å². The summed E-state index contributed by atoms with van der Waals surface area (Å²) >= 11 is 0. The van der Waals surface area contributed by atoms with E-state index in [2.05, 4.69) is 0 Å². The maximum atomic E-state index is 14.7. The van der Waals surface area contributed by atoms with Crippen molar-refractivity contribution in [3.05, 3.63) is 101 Å². The molecule has 0 atom stereocenters. The fraction of sp³-hybridized carbons (Fsp3) is 0.200. The average molecular weight is 615 g/mol. The summed E-state index contributed by atoms with van der Waals surface area (Å²) in [5.74, 6) is -33.3. The smallest absolute Gasteiger partial charge is 0.309 e. The highest BCUT2D eigenvalue weighted by Crippen LogP contribution is 2.65. The molecule has 0 aliphatic heterocycles. The molecule has 0 fully saturated rings. The zero-order chi connectivity index (χ0) is 31.1. The number of hydrogen-bond acceptors (Lipinski definition) is 0. The Bertz CT molecular complexity index is 1870. The monoisotopic (exact) mass is 615 g/mol. The largest absolute Gasteiger partial charge is 0.380 e. The molecular weight excluding hydrogens is 602 g/mol. The molecule has 0 unspecified atom stereocenters. The Balaban J connectivity index is 1.59. The van der Waals surface area contributed by atoms with Gasteiger partial charge >= 0.3 is 35.5 Å². The van der Waals surface area contributed by atoms with Crippen LogP contribution in [-0.4, -0.2) is 16.4 Å². The lowest BCUT2D eigenvalue weighted by molar-refractivity contribution is -0.302. The minimum Gasteiger partial charge on any atom is -0.309 e. The Labute approximate surface area is 232 Å². The van der Waals surface area contributed by atoms with Crippen LogP contribution in [0.4, 0.5) is 52.7 Å². The summed E-state index contributed by atoms with van der Waals surface area (Å²) < 4.78 is 176. The van der Waals surface area contributed by atoms with Crippen LogP contribution in [0.25, 0.3) is 38.6 Å². The van der Waals surface area contributed by atoms with E-state index in [0.717, 1.165) is 10.1 Å². The fourth-order valence-electron chi connectivity index (χ4n) is 5.93. The Morgan fingerprint density at radius 3 is 1.14 bits per heavy atom. The third kappa shape index (κ3) is 3.07. The van der Waals surface area contributed by atoms with Crippen molar-refractivity contribution in [2.45, 2.75) is 35.5 Å². The molecule has 0 amide bonds. The second-order valence-corrected chi connectivity index (χ2v) is 10.5. The van der Waals surface area contributed by atoms with Gasteiger partial charge in [0.1, 0.15) is 0 Å². The first-order chi connectivity index (χ1) is 19.9. The molecule has 0 N–H and O–H groups in total. The number of rotatable bonds is 2. The van der Waals surface area contributed by atoms with Crippen molar-refractivity contribution in [1.82, 2.24) is 4.57 Å². The predicted molar refractivity (Wildman–Crippen MR) is 132 cm³/mol. The van der Waals surface area contributed by atoms with E-state index in [4.69, 9.17) is 0 Å². The van der Waals surface area contributed by atoms with Gasteiger partial charge in [-0.3, -0.25) is 0 Å². The minimum absolute atomic E-state index is 0.0146. The van der Waals surface area contributed by atoms with E-state index >= 15 is 0 Å². The van der Waals surface area contributed by atoms with E-state index in [1.807, 2.05) is 0 Å². The number of benzene rings is 4. The summed E-state index contributed by atoms with van der Waals surface area (Å²) in [4.78, 5) is 0. The van der Waals surface area contributed by atoms with Crippen molar-refractivity contribution in [3.63, 3.8) is 0 Å². The first-order valence-electron chi connectivity index (χ1n) is 12.5. The van der Waals surface area contributed by atoms with Crippen LogP contribution in [0.1, 0.15) is 22.3 Å². The van der Waals surface area contributed by atoms with Crippen LogP contribution in [0.5, 0.6) is 0 Å². The van der Waals surface area contributed by atoms with Crippen molar-refractivity contribution < 1.29 is 52.7 Å². The number of aromatic nitrogens is 1. The lowest BCUT2D eigenvalue weighted by Gasteiger charge is -2.23. The van der Waals surface area contributed by atoms with E-state index in [1.165, 1.54) is 24.3 Å². The summed E-state index contributed by atoms with van der Waals surface area (Å²) in [5, 5.41) is -1.18. The summed E-state index contributed by atoms with van der Waals surface area (Å²) in [6.45, 7) is 0. The topological polar surface area (TPSA) is 4.93 Å². The van der Waals surface area contributed by atoms with Crippen molar-refractivity contribution >= 4 is 21.8 Å². The van der Waals surface area contributed by atoms with Crippen LogP contribution in [0.3, 0.4) is 0 Å². The molecule has 0 bridgehead atoms. The molecule has 7 rings (SSSR count). The van der Waals surface area contributed by atoms with E-state index in [0.29, 0.717) is 17.7 Å². The Morgan fingerprint density at radius 2 is 0.744 bits per heavy atom. The van der Waals surface area contributed by atoms with Crippen molar-refractivity contribution in [3.8, 4) is 16.8 Å². The molecule has 4 aromatic carbocycles. The van der Waals surface area contributed by atoms with Crippen molar-refractivity contribution in [2.24, 2.45) is 0 Å². The number of halogens is 12. The molecule has 5 aromatic rings. The van der Waals surface area contributed by atoms with Gasteiger partial charge in [0.15, 0.2) is 0 Å². The first kappa shape index (κ1) is 27.7. The quantitative estimate of drug-likeness (QED) is 0.174. The normalized spacial score (nSPS) is 21.7. The molecule has 43 heavy (non-hydrogen) atoms. The van der Waals surface area contributed by atoms with Gasteiger partial charge in [-0.2, -0.15) is 52.7 Å². The summed E-state index contributed by atoms with van der Waals surface area (Å²) in [5.41, 5.74) is -6.81. The highest BCUT2D eigenvalue weighted by molar-refractivity contribution is 6.10. The van der Waals surface area contributed by atoms with Gasteiger partial charge in [-0.25, -0.2) is 0 Å². The summed E-state index contributed by atoms with van der Waals surface area (Å²) in [7, 11) is 0. The molecule has 0 saturated carbocycles. The van der Waals surface area contributed by atoms with Gasteiger partial charge in [0, 0.05) is 38.7 Å². The van der Waals surface area contributed by atoms with E-state index < -0.39 is 79.6 Å². The molecule has 13 heteroatoms. The SMILES string of the molecule is FC1(F)c2cc3c4cc5c(cc4n(-c4ccc(-c6ccccc6)cc4)c3cc2C(F)(F)C1(F)F)C(F)(F)C(F)(F)C5(F)F. The maximum absolute atomic E-state index is 14.7. The molecule has 222 valence electrons. The molecule has 2 aliphatic rings. The highest BCUT2D eigenvalue weighted by Gasteiger charge is 2.80. The summed E-state index contributed by atoms with van der Waals surface area (Å²) in [6, 6.07) is 15.5. The zero-order valence-corrected chi connectivity index (χ0v) is 21.0. The van der Waals surface area contributed by atoms with Crippen LogP contribution in [0.2, 0.25) is 0 Å². The molecule has 0 spiro atoms. The van der Waals surface area contributed by atoms with Gasteiger partial charge in [-0.05, 0) is 47.5 Å². The Kier molecular flexibility index (Phi) is 5.05. The summed E-state index contributed by atoms with van der Waals surface area (Å²) in [6.07, 6.45) is 0. The average Bonchev–Trinajstić information content (AvgIpc) is 3.36. The molecule has 0 saturated heterocycles. The van der Waals surface area contributed by atoms with Gasteiger partial charge in [-0.1, -0.05) is 42.5 Å². The molecule has 2 aliphatic carbocycles.